The maximum Gasteiger partial charge on any atom is 0.0478 e. The number of hydrogen-bond acceptors (Lipinski definition) is 0. The van der Waals surface area contributed by atoms with Gasteiger partial charge in [0.1, 0.15) is 0 Å². The van der Waals surface area contributed by atoms with Crippen LogP contribution in [0.3, 0.4) is 0 Å². The van der Waals surface area contributed by atoms with Crippen molar-refractivity contribution >= 4 is 0 Å². The molecule has 2 rings (SSSR count). The van der Waals surface area contributed by atoms with Crippen LogP contribution in [0, 0.1) is 17.8 Å². The SMILES string of the molecule is CC(C)C(C#Cc1ccccc1)c1ccccc1. The standard InChI is InChI=1S/C18H18/c1-15(2)18(17-11-7-4-8-12-17)14-13-16-9-5-3-6-10-16/h3-12,15,18H,1-2H3. The smallest absolute Gasteiger partial charge is 0.0478 e. The van der Waals surface area contributed by atoms with E-state index < -0.39 is 0 Å². The lowest BCUT2D eigenvalue weighted by Gasteiger charge is -2.14. The first kappa shape index (κ1) is 12.5. The largest absolute Gasteiger partial charge is 0.0894 e. The third-order valence-corrected chi connectivity index (χ3v) is 2.97. The van der Waals surface area contributed by atoms with Gasteiger partial charge in [0.25, 0.3) is 0 Å². The van der Waals surface area contributed by atoms with Crippen molar-refractivity contribution in [1.29, 1.82) is 0 Å². The van der Waals surface area contributed by atoms with E-state index in [0.717, 1.165) is 5.56 Å². The van der Waals surface area contributed by atoms with Crippen LogP contribution in [0.4, 0.5) is 0 Å². The Hall–Kier alpha value is -2.00. The van der Waals surface area contributed by atoms with Crippen LogP contribution in [0.1, 0.15) is 30.9 Å². The molecule has 0 saturated heterocycles. The van der Waals surface area contributed by atoms with Crippen molar-refractivity contribution in [1.82, 2.24) is 0 Å². The van der Waals surface area contributed by atoms with Crippen LogP contribution in [0.5, 0.6) is 0 Å². The average Bonchev–Trinajstić information content (AvgIpc) is 2.41. The van der Waals surface area contributed by atoms with Gasteiger partial charge in [0.05, 0.1) is 0 Å². The van der Waals surface area contributed by atoms with Gasteiger partial charge in [-0.15, -0.1) is 0 Å². The molecule has 0 N–H and O–H groups in total. The summed E-state index contributed by atoms with van der Waals surface area (Å²) in [4.78, 5) is 0. The molecule has 0 fully saturated rings. The van der Waals surface area contributed by atoms with Crippen molar-refractivity contribution < 1.29 is 0 Å². The van der Waals surface area contributed by atoms with Gasteiger partial charge in [-0.25, -0.2) is 0 Å². The molecule has 2 aromatic rings. The van der Waals surface area contributed by atoms with Gasteiger partial charge in [0.15, 0.2) is 0 Å². The molecular formula is C18H18. The first-order valence-corrected chi connectivity index (χ1v) is 6.39. The molecule has 0 aliphatic carbocycles. The molecule has 0 saturated carbocycles. The average molecular weight is 234 g/mol. The normalized spacial score (nSPS) is 11.7. The lowest BCUT2D eigenvalue weighted by Crippen LogP contribution is -2.04. The van der Waals surface area contributed by atoms with E-state index >= 15 is 0 Å². The van der Waals surface area contributed by atoms with Crippen LogP contribution in [0.2, 0.25) is 0 Å². The summed E-state index contributed by atoms with van der Waals surface area (Å²) in [6, 6.07) is 20.7. The number of benzene rings is 2. The van der Waals surface area contributed by atoms with Crippen molar-refractivity contribution in [2.45, 2.75) is 19.8 Å². The summed E-state index contributed by atoms with van der Waals surface area (Å²) in [5.41, 5.74) is 2.38. The highest BCUT2D eigenvalue weighted by Gasteiger charge is 2.12. The summed E-state index contributed by atoms with van der Waals surface area (Å²) in [5.74, 6) is 7.49. The minimum atomic E-state index is 0.298. The fourth-order valence-corrected chi connectivity index (χ4v) is 1.98. The predicted octanol–water partition coefficient (Wildman–Crippen LogP) is 4.48. The highest BCUT2D eigenvalue weighted by Crippen LogP contribution is 2.23. The van der Waals surface area contributed by atoms with Crippen molar-refractivity contribution in [3.05, 3.63) is 71.8 Å². The van der Waals surface area contributed by atoms with Gasteiger partial charge >= 0.3 is 0 Å². The molecule has 90 valence electrons. The zero-order chi connectivity index (χ0) is 12.8. The highest BCUT2D eigenvalue weighted by molar-refractivity contribution is 5.38. The second-order valence-corrected chi connectivity index (χ2v) is 4.77. The van der Waals surface area contributed by atoms with E-state index in [2.05, 4.69) is 62.1 Å². The van der Waals surface area contributed by atoms with Crippen LogP contribution in [0.25, 0.3) is 0 Å². The van der Waals surface area contributed by atoms with Gasteiger partial charge in [-0.3, -0.25) is 0 Å². The zero-order valence-electron chi connectivity index (χ0n) is 10.9. The molecule has 18 heavy (non-hydrogen) atoms. The van der Waals surface area contributed by atoms with Crippen molar-refractivity contribution in [3.8, 4) is 11.8 Å². The Morgan fingerprint density at radius 2 is 1.33 bits per heavy atom. The third-order valence-electron chi connectivity index (χ3n) is 2.97. The molecular weight excluding hydrogens is 216 g/mol. The van der Waals surface area contributed by atoms with E-state index in [1.165, 1.54) is 5.56 Å². The van der Waals surface area contributed by atoms with Crippen LogP contribution in [0.15, 0.2) is 60.7 Å². The van der Waals surface area contributed by atoms with Crippen molar-refractivity contribution in [2.75, 3.05) is 0 Å². The van der Waals surface area contributed by atoms with Crippen molar-refractivity contribution in [3.63, 3.8) is 0 Å². The minimum Gasteiger partial charge on any atom is -0.0894 e. The predicted molar refractivity (Wildman–Crippen MR) is 77.3 cm³/mol. The van der Waals surface area contributed by atoms with Gasteiger partial charge < -0.3 is 0 Å². The number of rotatable bonds is 2. The Kier molecular flexibility index (Phi) is 4.20. The van der Waals surface area contributed by atoms with Gasteiger partial charge in [-0.05, 0) is 23.6 Å². The Morgan fingerprint density at radius 3 is 1.89 bits per heavy atom. The van der Waals surface area contributed by atoms with Crippen LogP contribution in [-0.2, 0) is 0 Å². The van der Waals surface area contributed by atoms with Crippen LogP contribution < -0.4 is 0 Å². The maximum absolute atomic E-state index is 3.40. The maximum atomic E-state index is 3.40. The van der Waals surface area contributed by atoms with E-state index in [9.17, 15) is 0 Å². The van der Waals surface area contributed by atoms with Gasteiger partial charge in [0, 0.05) is 11.5 Å². The molecule has 0 radical (unpaired) electrons. The lowest BCUT2D eigenvalue weighted by atomic mass is 9.89. The van der Waals surface area contributed by atoms with E-state index in [0.29, 0.717) is 11.8 Å². The molecule has 0 bridgehead atoms. The van der Waals surface area contributed by atoms with Crippen LogP contribution in [-0.4, -0.2) is 0 Å². The second kappa shape index (κ2) is 6.07. The van der Waals surface area contributed by atoms with Crippen LogP contribution >= 0.6 is 0 Å². The molecule has 1 unspecified atom stereocenters. The van der Waals surface area contributed by atoms with E-state index in [4.69, 9.17) is 0 Å². The zero-order valence-corrected chi connectivity index (χ0v) is 10.9. The molecule has 0 aromatic heterocycles. The first-order chi connectivity index (χ1) is 8.77. The molecule has 0 amide bonds. The van der Waals surface area contributed by atoms with Gasteiger partial charge in [0.2, 0.25) is 0 Å². The van der Waals surface area contributed by atoms with Gasteiger partial charge in [-0.2, -0.15) is 0 Å². The molecule has 2 aromatic carbocycles. The summed E-state index contributed by atoms with van der Waals surface area (Å²) < 4.78 is 0. The minimum absolute atomic E-state index is 0.298. The Labute approximate surface area is 110 Å². The van der Waals surface area contributed by atoms with Gasteiger partial charge in [-0.1, -0.05) is 74.2 Å². The summed E-state index contributed by atoms with van der Waals surface area (Å²) in [6.45, 7) is 4.44. The second-order valence-electron chi connectivity index (χ2n) is 4.77. The molecule has 0 aliphatic heterocycles. The molecule has 0 aliphatic rings. The topological polar surface area (TPSA) is 0 Å². The first-order valence-electron chi connectivity index (χ1n) is 6.39. The fourth-order valence-electron chi connectivity index (χ4n) is 1.98. The Morgan fingerprint density at radius 1 is 0.778 bits per heavy atom. The van der Waals surface area contributed by atoms with E-state index in [1.54, 1.807) is 0 Å². The summed E-state index contributed by atoms with van der Waals surface area (Å²) >= 11 is 0. The molecule has 0 nitrogen and oxygen atoms in total. The Bertz CT molecular complexity index is 527. The number of hydrogen-bond donors (Lipinski definition) is 0. The molecule has 0 heterocycles. The van der Waals surface area contributed by atoms with E-state index in [-0.39, 0.29) is 0 Å². The lowest BCUT2D eigenvalue weighted by molar-refractivity contribution is 0.592. The molecule has 0 heteroatoms. The quantitative estimate of drug-likeness (QED) is 0.672. The monoisotopic (exact) mass is 234 g/mol. The fraction of sp³-hybridized carbons (Fsp3) is 0.222. The summed E-state index contributed by atoms with van der Waals surface area (Å²) in [5, 5.41) is 0. The summed E-state index contributed by atoms with van der Waals surface area (Å²) in [6.07, 6.45) is 0. The van der Waals surface area contributed by atoms with Crippen molar-refractivity contribution in [2.24, 2.45) is 5.92 Å². The Balaban J connectivity index is 2.26. The summed E-state index contributed by atoms with van der Waals surface area (Å²) in [7, 11) is 0. The molecule has 1 atom stereocenters. The molecule has 0 spiro atoms. The highest BCUT2D eigenvalue weighted by atomic mass is 14.1. The van der Waals surface area contributed by atoms with E-state index in [1.807, 2.05) is 24.3 Å². The third kappa shape index (κ3) is 3.25.